The number of hydrogen-bond acceptors (Lipinski definition) is 5. The first kappa shape index (κ1) is 24.2. The fourth-order valence-electron chi connectivity index (χ4n) is 4.12. The van der Waals surface area contributed by atoms with Crippen molar-refractivity contribution in [1.82, 2.24) is 4.90 Å². The largest absolute Gasteiger partial charge is 0.449 e. The van der Waals surface area contributed by atoms with Crippen molar-refractivity contribution in [3.63, 3.8) is 0 Å². The summed E-state index contributed by atoms with van der Waals surface area (Å²) in [6.07, 6.45) is -1.15. The first-order chi connectivity index (χ1) is 16.7. The van der Waals surface area contributed by atoms with Crippen molar-refractivity contribution in [1.29, 1.82) is 0 Å². The van der Waals surface area contributed by atoms with E-state index in [4.69, 9.17) is 9.47 Å². The number of esters is 1. The van der Waals surface area contributed by atoms with Crippen LogP contribution in [0.15, 0.2) is 84.9 Å². The second kappa shape index (κ2) is 10.1. The van der Waals surface area contributed by atoms with Crippen molar-refractivity contribution in [2.75, 3.05) is 0 Å². The van der Waals surface area contributed by atoms with Crippen molar-refractivity contribution in [2.45, 2.75) is 51.4 Å². The van der Waals surface area contributed by atoms with Crippen LogP contribution < -0.4 is 0 Å². The molecule has 35 heavy (non-hydrogen) atoms. The summed E-state index contributed by atoms with van der Waals surface area (Å²) in [5.41, 5.74) is 2.74. The highest BCUT2D eigenvalue weighted by Gasteiger charge is 2.46. The van der Waals surface area contributed by atoms with Gasteiger partial charge in [-0.2, -0.15) is 0 Å². The highest BCUT2D eigenvalue weighted by Crippen LogP contribution is 2.29. The molecule has 2 amide bonds. The molecule has 3 aromatic carbocycles. The molecule has 0 spiro atoms. The maximum atomic E-state index is 13.2. The Morgan fingerprint density at radius 1 is 0.857 bits per heavy atom. The van der Waals surface area contributed by atoms with E-state index in [2.05, 4.69) is 0 Å². The van der Waals surface area contributed by atoms with Gasteiger partial charge in [0.25, 0.3) is 5.91 Å². The lowest BCUT2D eigenvalue weighted by Crippen LogP contribution is -2.44. The molecule has 180 valence electrons. The van der Waals surface area contributed by atoms with Crippen LogP contribution in [0.2, 0.25) is 0 Å². The maximum absolute atomic E-state index is 13.2. The summed E-state index contributed by atoms with van der Waals surface area (Å²) in [7, 11) is 0. The number of carbonyl (C=O) groups is 3. The fraction of sp³-hybridized carbons (Fsp3) is 0.276. The molecule has 1 aliphatic heterocycles. The van der Waals surface area contributed by atoms with Crippen LogP contribution in [-0.2, 0) is 20.7 Å². The first-order valence-corrected chi connectivity index (χ1v) is 11.7. The van der Waals surface area contributed by atoms with E-state index in [1.165, 1.54) is 0 Å². The summed E-state index contributed by atoms with van der Waals surface area (Å²) in [5, 5.41) is 0. The van der Waals surface area contributed by atoms with E-state index in [1.54, 1.807) is 51.1 Å². The highest BCUT2D eigenvalue weighted by molar-refractivity contribution is 5.99. The van der Waals surface area contributed by atoms with E-state index in [-0.39, 0.29) is 6.42 Å². The van der Waals surface area contributed by atoms with E-state index in [1.807, 2.05) is 54.6 Å². The molecule has 0 saturated carbocycles. The summed E-state index contributed by atoms with van der Waals surface area (Å²) < 4.78 is 11.0. The zero-order valence-electron chi connectivity index (χ0n) is 20.1. The van der Waals surface area contributed by atoms with Crippen LogP contribution >= 0.6 is 0 Å². The molecule has 0 aliphatic carbocycles. The smallest absolute Gasteiger partial charge is 0.417 e. The summed E-state index contributed by atoms with van der Waals surface area (Å²) in [6.45, 7) is 5.24. The molecule has 2 atom stereocenters. The van der Waals surface area contributed by atoms with Gasteiger partial charge in [-0.1, -0.05) is 72.8 Å². The Labute approximate surface area is 205 Å². The van der Waals surface area contributed by atoms with Gasteiger partial charge in [0.1, 0.15) is 5.60 Å². The Kier molecular flexibility index (Phi) is 7.01. The van der Waals surface area contributed by atoms with E-state index >= 15 is 0 Å². The summed E-state index contributed by atoms with van der Waals surface area (Å²) in [4.78, 5) is 39.8. The second-order valence-corrected chi connectivity index (χ2v) is 9.61. The Bertz CT molecular complexity index is 1180. The standard InChI is InChI=1S/C29H29NO5/c1-29(2,3)35-28(33)30-24(18-20-14-16-22(17-15-20)21-10-6-4-7-11-21)19-25(26(30)31)34-27(32)23-12-8-5-9-13-23/h4-17,24-25H,18-19H2,1-3H3/t24-,25-/m1/s1. The van der Waals surface area contributed by atoms with Crippen molar-refractivity contribution >= 4 is 18.0 Å². The summed E-state index contributed by atoms with van der Waals surface area (Å²) in [6, 6.07) is 26.1. The van der Waals surface area contributed by atoms with Crippen LogP contribution in [0.1, 0.15) is 43.1 Å². The summed E-state index contributed by atoms with van der Waals surface area (Å²) >= 11 is 0. The molecule has 0 aromatic heterocycles. The molecule has 0 bridgehead atoms. The highest BCUT2D eigenvalue weighted by atomic mass is 16.6. The predicted octanol–water partition coefficient (Wildman–Crippen LogP) is 5.66. The van der Waals surface area contributed by atoms with Crippen LogP contribution in [0.25, 0.3) is 11.1 Å². The Morgan fingerprint density at radius 3 is 2.03 bits per heavy atom. The van der Waals surface area contributed by atoms with Crippen molar-refractivity contribution < 1.29 is 23.9 Å². The lowest BCUT2D eigenvalue weighted by molar-refractivity contribution is -0.135. The monoisotopic (exact) mass is 471 g/mol. The van der Waals surface area contributed by atoms with Gasteiger partial charge < -0.3 is 9.47 Å². The van der Waals surface area contributed by atoms with Crippen molar-refractivity contribution in [2.24, 2.45) is 0 Å². The minimum atomic E-state index is -1.05. The van der Waals surface area contributed by atoms with Crippen LogP contribution in [0, 0.1) is 0 Å². The number of amides is 2. The van der Waals surface area contributed by atoms with Gasteiger partial charge >= 0.3 is 12.1 Å². The van der Waals surface area contributed by atoms with Gasteiger partial charge in [-0.3, -0.25) is 4.79 Å². The second-order valence-electron chi connectivity index (χ2n) is 9.61. The van der Waals surface area contributed by atoms with Gasteiger partial charge in [-0.25, -0.2) is 14.5 Å². The van der Waals surface area contributed by atoms with E-state index in [0.717, 1.165) is 21.6 Å². The molecule has 0 unspecified atom stereocenters. The number of ether oxygens (including phenoxy) is 2. The van der Waals surface area contributed by atoms with E-state index in [0.29, 0.717) is 12.0 Å². The van der Waals surface area contributed by atoms with Crippen molar-refractivity contribution in [3.05, 3.63) is 96.1 Å². The average molecular weight is 472 g/mol. The normalized spacial score (nSPS) is 17.8. The van der Waals surface area contributed by atoms with Crippen LogP contribution in [-0.4, -0.2) is 40.6 Å². The number of nitrogens with zero attached hydrogens (tertiary/aromatic N) is 1. The van der Waals surface area contributed by atoms with Gasteiger partial charge in [0.05, 0.1) is 11.6 Å². The third kappa shape index (κ3) is 5.96. The first-order valence-electron chi connectivity index (χ1n) is 11.7. The molecular weight excluding hydrogens is 442 g/mol. The van der Waals surface area contributed by atoms with Gasteiger partial charge in [0.2, 0.25) is 0 Å². The molecule has 3 aromatic rings. The SMILES string of the molecule is CC(C)(C)OC(=O)N1C(=O)[C@H](OC(=O)c2ccccc2)C[C@H]1Cc1ccc(-c2ccccc2)cc1. The molecule has 0 N–H and O–H groups in total. The lowest BCUT2D eigenvalue weighted by atomic mass is 9.99. The lowest BCUT2D eigenvalue weighted by Gasteiger charge is -2.27. The number of carbonyl (C=O) groups excluding carboxylic acids is 3. The van der Waals surface area contributed by atoms with Gasteiger partial charge in [-0.05, 0) is 56.0 Å². The molecule has 1 fully saturated rings. The number of hydrogen-bond donors (Lipinski definition) is 0. The molecule has 0 radical (unpaired) electrons. The zero-order chi connectivity index (χ0) is 25.0. The molecule has 1 aliphatic rings. The van der Waals surface area contributed by atoms with Gasteiger partial charge in [-0.15, -0.1) is 0 Å². The van der Waals surface area contributed by atoms with E-state index < -0.39 is 35.7 Å². The molecule has 4 rings (SSSR count). The number of benzene rings is 3. The van der Waals surface area contributed by atoms with Gasteiger partial charge in [0, 0.05) is 6.42 Å². The Hall–Kier alpha value is -3.93. The number of imide groups is 1. The quantitative estimate of drug-likeness (QED) is 0.449. The van der Waals surface area contributed by atoms with Crippen molar-refractivity contribution in [3.8, 4) is 11.1 Å². The number of likely N-dealkylation sites (tertiary alicyclic amines) is 1. The Balaban J connectivity index is 1.53. The average Bonchev–Trinajstić information content (AvgIpc) is 3.14. The zero-order valence-corrected chi connectivity index (χ0v) is 20.1. The third-order valence-electron chi connectivity index (χ3n) is 5.75. The van der Waals surface area contributed by atoms with Crippen LogP contribution in [0.3, 0.4) is 0 Å². The maximum Gasteiger partial charge on any atom is 0.417 e. The molecule has 6 heteroatoms. The molecule has 1 saturated heterocycles. The minimum absolute atomic E-state index is 0.205. The predicted molar refractivity (Wildman–Crippen MR) is 133 cm³/mol. The summed E-state index contributed by atoms with van der Waals surface area (Å²) in [5.74, 6) is -1.16. The fourth-order valence-corrected chi connectivity index (χ4v) is 4.12. The third-order valence-corrected chi connectivity index (χ3v) is 5.75. The van der Waals surface area contributed by atoms with Crippen LogP contribution in [0.4, 0.5) is 4.79 Å². The molecule has 6 nitrogen and oxygen atoms in total. The minimum Gasteiger partial charge on any atom is -0.449 e. The van der Waals surface area contributed by atoms with Gasteiger partial charge in [0.15, 0.2) is 6.10 Å². The number of rotatable bonds is 5. The molecular formula is C29H29NO5. The van der Waals surface area contributed by atoms with E-state index in [9.17, 15) is 14.4 Å². The Morgan fingerprint density at radius 2 is 1.43 bits per heavy atom. The van der Waals surface area contributed by atoms with Crippen LogP contribution in [0.5, 0.6) is 0 Å². The topological polar surface area (TPSA) is 72.9 Å². The molecule has 1 heterocycles.